The maximum absolute atomic E-state index is 12.5. The van der Waals surface area contributed by atoms with Gasteiger partial charge in [0.05, 0.1) is 11.7 Å². The molecule has 0 spiro atoms. The lowest BCUT2D eigenvalue weighted by Gasteiger charge is -2.16. The van der Waals surface area contributed by atoms with Crippen LogP contribution in [0, 0.1) is 0 Å². The third-order valence-electron chi connectivity index (χ3n) is 3.65. The molecule has 0 saturated carbocycles. The number of ether oxygens (including phenoxy) is 1. The molecule has 0 bridgehead atoms. The van der Waals surface area contributed by atoms with Gasteiger partial charge in [0.2, 0.25) is 0 Å². The quantitative estimate of drug-likeness (QED) is 0.732. The SMILES string of the molecule is CC(NC(=O)c1cccc(-n2cnnn2)c1)c1cccc(OC(F)F)c1. The van der Waals surface area contributed by atoms with Gasteiger partial charge in [0.25, 0.3) is 5.91 Å². The Morgan fingerprint density at radius 1 is 1.19 bits per heavy atom. The van der Waals surface area contributed by atoms with Crippen LogP contribution in [0.2, 0.25) is 0 Å². The fourth-order valence-corrected chi connectivity index (χ4v) is 2.39. The molecule has 0 aliphatic heterocycles. The summed E-state index contributed by atoms with van der Waals surface area (Å²) >= 11 is 0. The molecular weight excluding hydrogens is 344 g/mol. The van der Waals surface area contributed by atoms with Crippen LogP contribution < -0.4 is 10.1 Å². The summed E-state index contributed by atoms with van der Waals surface area (Å²) in [7, 11) is 0. The first-order valence-electron chi connectivity index (χ1n) is 7.72. The van der Waals surface area contributed by atoms with Crippen LogP contribution >= 0.6 is 0 Å². The van der Waals surface area contributed by atoms with Crippen molar-refractivity contribution in [2.75, 3.05) is 0 Å². The number of amides is 1. The summed E-state index contributed by atoms with van der Waals surface area (Å²) in [6, 6.07) is 12.6. The van der Waals surface area contributed by atoms with Gasteiger partial charge in [-0.2, -0.15) is 8.78 Å². The van der Waals surface area contributed by atoms with Crippen LogP contribution in [-0.2, 0) is 0 Å². The number of aromatic nitrogens is 4. The Kier molecular flexibility index (Phi) is 5.16. The molecule has 0 aliphatic carbocycles. The summed E-state index contributed by atoms with van der Waals surface area (Å²) in [6.07, 6.45) is 1.42. The van der Waals surface area contributed by atoms with Crippen molar-refractivity contribution >= 4 is 5.91 Å². The second-order valence-corrected chi connectivity index (χ2v) is 5.45. The Balaban J connectivity index is 1.73. The topological polar surface area (TPSA) is 81.9 Å². The van der Waals surface area contributed by atoms with E-state index in [4.69, 9.17) is 0 Å². The minimum Gasteiger partial charge on any atom is -0.435 e. The third-order valence-corrected chi connectivity index (χ3v) is 3.65. The number of halogens is 2. The Morgan fingerprint density at radius 3 is 2.73 bits per heavy atom. The van der Waals surface area contributed by atoms with Crippen molar-refractivity contribution in [3.05, 3.63) is 66.0 Å². The first-order chi connectivity index (χ1) is 12.5. The number of hydrogen-bond acceptors (Lipinski definition) is 5. The molecule has 0 radical (unpaired) electrons. The van der Waals surface area contributed by atoms with Gasteiger partial charge < -0.3 is 10.1 Å². The van der Waals surface area contributed by atoms with Gasteiger partial charge in [0.15, 0.2) is 0 Å². The summed E-state index contributed by atoms with van der Waals surface area (Å²) in [5.41, 5.74) is 1.71. The number of carbonyl (C=O) groups excluding carboxylic acids is 1. The zero-order valence-corrected chi connectivity index (χ0v) is 13.7. The summed E-state index contributed by atoms with van der Waals surface area (Å²) in [5, 5.41) is 13.7. The lowest BCUT2D eigenvalue weighted by atomic mass is 10.1. The van der Waals surface area contributed by atoms with E-state index in [9.17, 15) is 13.6 Å². The Morgan fingerprint density at radius 2 is 2.00 bits per heavy atom. The summed E-state index contributed by atoms with van der Waals surface area (Å²) in [6.45, 7) is -1.14. The predicted molar refractivity (Wildman–Crippen MR) is 88.1 cm³/mol. The third kappa shape index (κ3) is 4.18. The molecule has 0 fully saturated rings. The average Bonchev–Trinajstić information content (AvgIpc) is 3.16. The van der Waals surface area contributed by atoms with Crippen LogP contribution in [0.1, 0.15) is 28.9 Å². The minimum atomic E-state index is -2.90. The van der Waals surface area contributed by atoms with E-state index < -0.39 is 12.7 Å². The first kappa shape index (κ1) is 17.5. The van der Waals surface area contributed by atoms with Gasteiger partial charge in [-0.3, -0.25) is 4.79 Å². The summed E-state index contributed by atoms with van der Waals surface area (Å²) < 4.78 is 30.5. The van der Waals surface area contributed by atoms with Crippen molar-refractivity contribution in [3.8, 4) is 11.4 Å². The van der Waals surface area contributed by atoms with Crippen molar-refractivity contribution in [3.63, 3.8) is 0 Å². The molecule has 134 valence electrons. The fraction of sp³-hybridized carbons (Fsp3) is 0.176. The normalized spacial score (nSPS) is 12.0. The zero-order valence-electron chi connectivity index (χ0n) is 13.7. The number of tetrazole rings is 1. The van der Waals surface area contributed by atoms with Gasteiger partial charge >= 0.3 is 6.61 Å². The number of alkyl halides is 2. The van der Waals surface area contributed by atoms with E-state index in [1.165, 1.54) is 23.1 Å². The highest BCUT2D eigenvalue weighted by Crippen LogP contribution is 2.21. The molecule has 1 heterocycles. The first-order valence-corrected chi connectivity index (χ1v) is 7.72. The standard InChI is InChI=1S/C17H15F2N5O2/c1-11(12-4-3-7-15(9-12)26-17(18)19)21-16(25)13-5-2-6-14(8-13)24-10-20-22-23-24/h2-11,17H,1H3,(H,21,25). The molecule has 7 nitrogen and oxygen atoms in total. The van der Waals surface area contributed by atoms with Crippen LogP contribution in [0.25, 0.3) is 5.69 Å². The van der Waals surface area contributed by atoms with Gasteiger partial charge in [-0.1, -0.05) is 18.2 Å². The van der Waals surface area contributed by atoms with E-state index in [0.717, 1.165) is 0 Å². The molecule has 0 aliphatic rings. The molecule has 26 heavy (non-hydrogen) atoms. The van der Waals surface area contributed by atoms with Crippen molar-refractivity contribution in [2.24, 2.45) is 0 Å². The van der Waals surface area contributed by atoms with Crippen molar-refractivity contribution in [1.29, 1.82) is 0 Å². The lowest BCUT2D eigenvalue weighted by molar-refractivity contribution is -0.0499. The number of carbonyl (C=O) groups is 1. The Hall–Kier alpha value is -3.36. The molecule has 9 heteroatoms. The molecule has 2 aromatic carbocycles. The van der Waals surface area contributed by atoms with E-state index in [2.05, 4.69) is 25.6 Å². The number of benzene rings is 2. The molecular formula is C17H15F2N5O2. The molecule has 1 atom stereocenters. The molecule has 3 rings (SSSR count). The predicted octanol–water partition coefficient (Wildman–Crippen LogP) is 2.75. The van der Waals surface area contributed by atoms with Gasteiger partial charge in [-0.25, -0.2) is 4.68 Å². The summed E-state index contributed by atoms with van der Waals surface area (Å²) in [5.74, 6) is -0.271. The van der Waals surface area contributed by atoms with Crippen LogP contribution in [0.3, 0.4) is 0 Å². The van der Waals surface area contributed by atoms with E-state index in [0.29, 0.717) is 16.8 Å². The maximum atomic E-state index is 12.5. The Bertz CT molecular complexity index is 886. The lowest BCUT2D eigenvalue weighted by Crippen LogP contribution is -2.26. The van der Waals surface area contributed by atoms with E-state index in [-0.39, 0.29) is 11.7 Å². The van der Waals surface area contributed by atoms with Gasteiger partial charge in [-0.15, -0.1) is 5.10 Å². The summed E-state index contributed by atoms with van der Waals surface area (Å²) in [4.78, 5) is 12.5. The van der Waals surface area contributed by atoms with Crippen molar-refractivity contribution < 1.29 is 18.3 Å². The number of nitrogens with zero attached hydrogens (tertiary/aromatic N) is 4. The van der Waals surface area contributed by atoms with E-state index in [1.54, 1.807) is 43.3 Å². The molecule has 1 aromatic heterocycles. The molecule has 3 aromatic rings. The van der Waals surface area contributed by atoms with Gasteiger partial charge in [0.1, 0.15) is 12.1 Å². The second kappa shape index (κ2) is 7.68. The van der Waals surface area contributed by atoms with E-state index in [1.807, 2.05) is 0 Å². The highest BCUT2D eigenvalue weighted by molar-refractivity contribution is 5.95. The van der Waals surface area contributed by atoms with Crippen LogP contribution in [0.15, 0.2) is 54.9 Å². The van der Waals surface area contributed by atoms with Gasteiger partial charge in [0, 0.05) is 5.56 Å². The molecule has 1 N–H and O–H groups in total. The van der Waals surface area contributed by atoms with Crippen molar-refractivity contribution in [2.45, 2.75) is 19.6 Å². The van der Waals surface area contributed by atoms with E-state index >= 15 is 0 Å². The minimum absolute atomic E-state index is 0.0410. The highest BCUT2D eigenvalue weighted by Gasteiger charge is 2.14. The zero-order chi connectivity index (χ0) is 18.5. The van der Waals surface area contributed by atoms with Gasteiger partial charge in [-0.05, 0) is 53.2 Å². The smallest absolute Gasteiger partial charge is 0.387 e. The van der Waals surface area contributed by atoms with Crippen molar-refractivity contribution in [1.82, 2.24) is 25.5 Å². The second-order valence-electron chi connectivity index (χ2n) is 5.45. The number of nitrogens with one attached hydrogen (secondary N) is 1. The maximum Gasteiger partial charge on any atom is 0.387 e. The molecule has 0 saturated heterocycles. The monoisotopic (exact) mass is 359 g/mol. The average molecular weight is 359 g/mol. The number of hydrogen-bond donors (Lipinski definition) is 1. The fourth-order valence-electron chi connectivity index (χ4n) is 2.39. The van der Waals surface area contributed by atoms with Crippen LogP contribution in [0.5, 0.6) is 5.75 Å². The molecule has 1 amide bonds. The Labute approximate surface area is 147 Å². The van der Waals surface area contributed by atoms with Crippen LogP contribution in [0.4, 0.5) is 8.78 Å². The number of rotatable bonds is 6. The van der Waals surface area contributed by atoms with Crippen LogP contribution in [-0.4, -0.2) is 32.7 Å². The largest absolute Gasteiger partial charge is 0.435 e. The molecule has 1 unspecified atom stereocenters. The highest BCUT2D eigenvalue weighted by atomic mass is 19.3.